The third-order valence-electron chi connectivity index (χ3n) is 3.29. The number of nitrogens with zero attached hydrogens (tertiary/aromatic N) is 2. The lowest BCUT2D eigenvalue weighted by molar-refractivity contribution is 0.101. The summed E-state index contributed by atoms with van der Waals surface area (Å²) < 4.78 is 5.21. The standard InChI is InChI=1S/C17H15N3O2/c1-11-7-8-13-12(9-11)10-18-16(19-13)17(21)20-14-5-3-4-6-15(14)22-2/h3-10H,1-2H3,(H,20,21). The average molecular weight is 293 g/mol. The lowest BCUT2D eigenvalue weighted by atomic mass is 10.2. The van der Waals surface area contributed by atoms with E-state index in [-0.39, 0.29) is 11.7 Å². The zero-order chi connectivity index (χ0) is 15.5. The van der Waals surface area contributed by atoms with Crippen LogP contribution in [0.1, 0.15) is 16.2 Å². The SMILES string of the molecule is COc1ccccc1NC(=O)c1ncc2cc(C)ccc2n1. The molecule has 1 heterocycles. The molecule has 0 bridgehead atoms. The van der Waals surface area contributed by atoms with E-state index in [1.165, 1.54) is 0 Å². The van der Waals surface area contributed by atoms with Crippen molar-refractivity contribution < 1.29 is 9.53 Å². The molecule has 2 aromatic carbocycles. The van der Waals surface area contributed by atoms with Gasteiger partial charge >= 0.3 is 0 Å². The first-order valence-corrected chi connectivity index (χ1v) is 6.85. The van der Waals surface area contributed by atoms with Gasteiger partial charge in [-0.1, -0.05) is 23.8 Å². The molecule has 0 aliphatic carbocycles. The maximum absolute atomic E-state index is 12.3. The molecule has 0 saturated carbocycles. The second-order valence-corrected chi connectivity index (χ2v) is 4.91. The number of nitrogens with one attached hydrogen (secondary N) is 1. The largest absolute Gasteiger partial charge is 0.495 e. The van der Waals surface area contributed by atoms with E-state index in [2.05, 4.69) is 15.3 Å². The van der Waals surface area contributed by atoms with Crippen molar-refractivity contribution in [1.82, 2.24) is 9.97 Å². The fraction of sp³-hybridized carbons (Fsp3) is 0.118. The summed E-state index contributed by atoms with van der Waals surface area (Å²) in [5.74, 6) is 0.349. The Hall–Kier alpha value is -2.95. The van der Waals surface area contributed by atoms with Crippen LogP contribution < -0.4 is 10.1 Å². The number of rotatable bonds is 3. The van der Waals surface area contributed by atoms with Crippen LogP contribution in [-0.2, 0) is 0 Å². The predicted octanol–water partition coefficient (Wildman–Crippen LogP) is 3.20. The highest BCUT2D eigenvalue weighted by atomic mass is 16.5. The van der Waals surface area contributed by atoms with Crippen molar-refractivity contribution in [1.29, 1.82) is 0 Å². The molecule has 110 valence electrons. The molecule has 0 aliphatic heterocycles. The fourth-order valence-corrected chi connectivity index (χ4v) is 2.19. The van der Waals surface area contributed by atoms with Gasteiger partial charge in [-0.15, -0.1) is 0 Å². The Bertz CT molecular complexity index is 846. The van der Waals surface area contributed by atoms with Crippen molar-refractivity contribution >= 4 is 22.5 Å². The molecule has 3 rings (SSSR count). The van der Waals surface area contributed by atoms with E-state index in [1.807, 2.05) is 37.3 Å². The number of amides is 1. The molecule has 3 aromatic rings. The molecule has 1 N–H and O–H groups in total. The molecule has 22 heavy (non-hydrogen) atoms. The van der Waals surface area contributed by atoms with Crippen LogP contribution in [0.5, 0.6) is 5.75 Å². The van der Waals surface area contributed by atoms with Crippen LogP contribution in [0.3, 0.4) is 0 Å². The fourth-order valence-electron chi connectivity index (χ4n) is 2.19. The summed E-state index contributed by atoms with van der Waals surface area (Å²) >= 11 is 0. The Labute approximate surface area is 128 Å². The monoisotopic (exact) mass is 293 g/mol. The van der Waals surface area contributed by atoms with Crippen LogP contribution in [0.15, 0.2) is 48.7 Å². The molecule has 0 aliphatic rings. The van der Waals surface area contributed by atoms with Crippen LogP contribution in [-0.4, -0.2) is 23.0 Å². The Balaban J connectivity index is 1.90. The van der Waals surface area contributed by atoms with Crippen molar-refractivity contribution in [3.8, 4) is 5.75 Å². The molecule has 0 atom stereocenters. The number of anilines is 1. The summed E-state index contributed by atoms with van der Waals surface area (Å²) in [5.41, 5.74) is 2.45. The smallest absolute Gasteiger partial charge is 0.293 e. The first-order chi connectivity index (χ1) is 10.7. The highest BCUT2D eigenvalue weighted by molar-refractivity contribution is 6.03. The molecule has 0 saturated heterocycles. The van der Waals surface area contributed by atoms with Gasteiger partial charge in [0.15, 0.2) is 0 Å². The summed E-state index contributed by atoms with van der Waals surface area (Å²) in [6, 6.07) is 13.0. The highest BCUT2D eigenvalue weighted by Crippen LogP contribution is 2.23. The average Bonchev–Trinajstić information content (AvgIpc) is 2.54. The van der Waals surface area contributed by atoms with Crippen molar-refractivity contribution in [2.24, 2.45) is 0 Å². The quantitative estimate of drug-likeness (QED) is 0.805. The van der Waals surface area contributed by atoms with Gasteiger partial charge in [-0.25, -0.2) is 9.97 Å². The van der Waals surface area contributed by atoms with E-state index in [9.17, 15) is 4.79 Å². The minimum Gasteiger partial charge on any atom is -0.495 e. The molecule has 0 fully saturated rings. The van der Waals surface area contributed by atoms with E-state index in [0.29, 0.717) is 11.4 Å². The van der Waals surface area contributed by atoms with E-state index in [0.717, 1.165) is 16.5 Å². The van der Waals surface area contributed by atoms with Crippen LogP contribution in [0, 0.1) is 6.92 Å². The number of carbonyl (C=O) groups excluding carboxylic acids is 1. The number of carbonyl (C=O) groups is 1. The van der Waals surface area contributed by atoms with Gasteiger partial charge in [0.1, 0.15) is 5.75 Å². The van der Waals surface area contributed by atoms with Crippen molar-refractivity contribution in [3.05, 3.63) is 60.0 Å². The molecule has 0 spiro atoms. The van der Waals surface area contributed by atoms with Crippen LogP contribution in [0.2, 0.25) is 0 Å². The molecule has 1 amide bonds. The van der Waals surface area contributed by atoms with Crippen molar-refractivity contribution in [3.63, 3.8) is 0 Å². The second-order valence-electron chi connectivity index (χ2n) is 4.91. The predicted molar refractivity (Wildman–Crippen MR) is 85.2 cm³/mol. The Kier molecular flexibility index (Phi) is 3.70. The van der Waals surface area contributed by atoms with Gasteiger partial charge in [-0.05, 0) is 31.2 Å². The van der Waals surface area contributed by atoms with E-state index in [4.69, 9.17) is 4.74 Å². The number of ether oxygens (including phenoxy) is 1. The number of hydrogen-bond donors (Lipinski definition) is 1. The minimum absolute atomic E-state index is 0.127. The maximum atomic E-state index is 12.3. The second kappa shape index (κ2) is 5.81. The van der Waals surface area contributed by atoms with Gasteiger partial charge in [0.25, 0.3) is 5.91 Å². The first kappa shape index (κ1) is 14.0. The van der Waals surface area contributed by atoms with Crippen LogP contribution in [0.4, 0.5) is 5.69 Å². The number of hydrogen-bond acceptors (Lipinski definition) is 4. The number of fused-ring (bicyclic) bond motifs is 1. The van der Waals surface area contributed by atoms with Gasteiger partial charge in [-0.3, -0.25) is 4.79 Å². The maximum Gasteiger partial charge on any atom is 0.293 e. The number of benzene rings is 2. The topological polar surface area (TPSA) is 64.1 Å². The number of aryl methyl sites for hydroxylation is 1. The van der Waals surface area contributed by atoms with Gasteiger partial charge in [0.2, 0.25) is 5.82 Å². The van der Waals surface area contributed by atoms with E-state index < -0.39 is 0 Å². The van der Waals surface area contributed by atoms with E-state index in [1.54, 1.807) is 25.4 Å². The summed E-state index contributed by atoms with van der Waals surface area (Å²) in [6.45, 7) is 2.00. The van der Waals surface area contributed by atoms with E-state index >= 15 is 0 Å². The van der Waals surface area contributed by atoms with Crippen molar-refractivity contribution in [2.75, 3.05) is 12.4 Å². The van der Waals surface area contributed by atoms with Gasteiger partial charge in [-0.2, -0.15) is 0 Å². The number of para-hydroxylation sites is 2. The van der Waals surface area contributed by atoms with Gasteiger partial charge in [0, 0.05) is 11.6 Å². The zero-order valence-corrected chi connectivity index (χ0v) is 12.3. The Morgan fingerprint density at radius 1 is 1.18 bits per heavy atom. The molecule has 1 aromatic heterocycles. The molecule has 5 heteroatoms. The van der Waals surface area contributed by atoms with Gasteiger partial charge in [0.05, 0.1) is 18.3 Å². The lowest BCUT2D eigenvalue weighted by Crippen LogP contribution is -2.16. The van der Waals surface area contributed by atoms with Crippen LogP contribution in [0.25, 0.3) is 10.9 Å². The third-order valence-corrected chi connectivity index (χ3v) is 3.29. The van der Waals surface area contributed by atoms with Crippen LogP contribution >= 0.6 is 0 Å². The summed E-state index contributed by atoms with van der Waals surface area (Å²) in [6.07, 6.45) is 1.66. The summed E-state index contributed by atoms with van der Waals surface area (Å²) in [7, 11) is 1.56. The first-order valence-electron chi connectivity index (χ1n) is 6.85. The molecule has 5 nitrogen and oxygen atoms in total. The molecule has 0 radical (unpaired) electrons. The highest BCUT2D eigenvalue weighted by Gasteiger charge is 2.12. The Morgan fingerprint density at radius 3 is 2.82 bits per heavy atom. The summed E-state index contributed by atoms with van der Waals surface area (Å²) in [5, 5.41) is 3.68. The summed E-state index contributed by atoms with van der Waals surface area (Å²) in [4.78, 5) is 20.7. The molecule has 0 unspecified atom stereocenters. The number of methoxy groups -OCH3 is 1. The minimum atomic E-state index is -0.369. The zero-order valence-electron chi connectivity index (χ0n) is 12.3. The normalized spacial score (nSPS) is 10.5. The van der Waals surface area contributed by atoms with Gasteiger partial charge < -0.3 is 10.1 Å². The third kappa shape index (κ3) is 2.74. The molecular weight excluding hydrogens is 278 g/mol. The lowest BCUT2D eigenvalue weighted by Gasteiger charge is -2.09. The number of aromatic nitrogens is 2. The molecular formula is C17H15N3O2. The Morgan fingerprint density at radius 2 is 2.00 bits per heavy atom. The van der Waals surface area contributed by atoms with Crippen molar-refractivity contribution in [2.45, 2.75) is 6.92 Å².